The number of nitrogen functional groups attached to an aromatic ring is 1. The Morgan fingerprint density at radius 1 is 1.33 bits per heavy atom. The summed E-state index contributed by atoms with van der Waals surface area (Å²) in [7, 11) is 1.53. The average Bonchev–Trinajstić information content (AvgIpc) is 2.84. The number of rotatable bonds is 4. The molecule has 0 saturated carbocycles. The normalized spacial score (nSPS) is 11.4. The van der Waals surface area contributed by atoms with E-state index in [1.165, 1.54) is 7.11 Å². The maximum atomic E-state index is 12.8. The van der Waals surface area contributed by atoms with Crippen molar-refractivity contribution in [3.05, 3.63) is 47.3 Å². The first-order chi connectivity index (χ1) is 9.81. The molecular formula is C13H13F3N4O. The van der Waals surface area contributed by atoms with Gasteiger partial charge < -0.3 is 10.5 Å². The number of aromatic nitrogens is 2. The number of hydrogen-bond donors (Lipinski definition) is 2. The molecular weight excluding hydrogens is 285 g/mol. The standard InChI is InChI=1S/C13H13F3N4O/c1-21-9-4-2-8(3-5-9)6-20-7-10(12(17)18)11(19-20)13(14,15)16/h2-5,7H,6H2,1H3,(H3,17,18). The molecule has 5 nitrogen and oxygen atoms in total. The summed E-state index contributed by atoms with van der Waals surface area (Å²) in [5, 5.41) is 10.7. The first-order valence-corrected chi connectivity index (χ1v) is 5.93. The minimum atomic E-state index is -4.65. The number of nitrogens with two attached hydrogens (primary N) is 1. The Balaban J connectivity index is 2.30. The smallest absolute Gasteiger partial charge is 0.435 e. The zero-order valence-electron chi connectivity index (χ0n) is 11.1. The van der Waals surface area contributed by atoms with Crippen LogP contribution >= 0.6 is 0 Å². The molecule has 1 heterocycles. The van der Waals surface area contributed by atoms with E-state index in [2.05, 4.69) is 5.10 Å². The second-order valence-corrected chi connectivity index (χ2v) is 4.35. The Hall–Kier alpha value is -2.51. The van der Waals surface area contributed by atoms with Gasteiger partial charge in [0.2, 0.25) is 0 Å². The van der Waals surface area contributed by atoms with Crippen LogP contribution in [0.25, 0.3) is 0 Å². The highest BCUT2D eigenvalue weighted by Crippen LogP contribution is 2.30. The Morgan fingerprint density at radius 3 is 2.38 bits per heavy atom. The minimum absolute atomic E-state index is 0.139. The Bertz CT molecular complexity index is 646. The number of halogens is 3. The largest absolute Gasteiger partial charge is 0.497 e. The van der Waals surface area contributed by atoms with E-state index in [4.69, 9.17) is 15.9 Å². The van der Waals surface area contributed by atoms with Gasteiger partial charge in [0.1, 0.15) is 11.6 Å². The average molecular weight is 298 g/mol. The third-order valence-corrected chi connectivity index (χ3v) is 2.82. The number of ether oxygens (including phenoxy) is 1. The monoisotopic (exact) mass is 298 g/mol. The van der Waals surface area contributed by atoms with Crippen molar-refractivity contribution in [3.63, 3.8) is 0 Å². The number of hydrogen-bond acceptors (Lipinski definition) is 3. The van der Waals surface area contributed by atoms with Gasteiger partial charge in [-0.15, -0.1) is 0 Å². The highest BCUT2D eigenvalue weighted by Gasteiger charge is 2.37. The van der Waals surface area contributed by atoms with Crippen LogP contribution < -0.4 is 10.5 Å². The van der Waals surface area contributed by atoms with Crippen molar-refractivity contribution in [2.75, 3.05) is 7.11 Å². The van der Waals surface area contributed by atoms with Crippen molar-refractivity contribution >= 4 is 5.84 Å². The molecule has 0 atom stereocenters. The summed E-state index contributed by atoms with van der Waals surface area (Å²) in [6, 6.07) is 6.85. The fourth-order valence-electron chi connectivity index (χ4n) is 1.83. The van der Waals surface area contributed by atoms with Gasteiger partial charge in [-0.05, 0) is 17.7 Å². The van der Waals surface area contributed by atoms with Crippen molar-refractivity contribution in [1.29, 1.82) is 5.41 Å². The summed E-state index contributed by atoms with van der Waals surface area (Å²) in [5.41, 5.74) is 4.35. The highest BCUT2D eigenvalue weighted by atomic mass is 19.4. The molecule has 0 aliphatic heterocycles. The first-order valence-electron chi connectivity index (χ1n) is 5.93. The lowest BCUT2D eigenvalue weighted by atomic mass is 10.2. The predicted molar refractivity (Wildman–Crippen MR) is 70.3 cm³/mol. The number of alkyl halides is 3. The summed E-state index contributed by atoms with van der Waals surface area (Å²) in [4.78, 5) is 0. The fourth-order valence-corrected chi connectivity index (χ4v) is 1.83. The van der Waals surface area contributed by atoms with Gasteiger partial charge in [0.25, 0.3) is 0 Å². The maximum absolute atomic E-state index is 12.8. The lowest BCUT2D eigenvalue weighted by Gasteiger charge is -2.05. The molecule has 0 radical (unpaired) electrons. The van der Waals surface area contributed by atoms with E-state index in [-0.39, 0.29) is 6.54 Å². The number of amidine groups is 1. The summed E-state index contributed by atoms with van der Waals surface area (Å²) in [6.07, 6.45) is -3.53. The van der Waals surface area contributed by atoms with Crippen molar-refractivity contribution in [2.24, 2.45) is 5.73 Å². The molecule has 21 heavy (non-hydrogen) atoms. The topological polar surface area (TPSA) is 76.9 Å². The van der Waals surface area contributed by atoms with Crippen LogP contribution in [0.4, 0.5) is 13.2 Å². The lowest BCUT2D eigenvalue weighted by molar-refractivity contribution is -0.141. The zero-order chi connectivity index (χ0) is 15.6. The maximum Gasteiger partial charge on any atom is 0.435 e. The predicted octanol–water partition coefficient (Wildman–Crippen LogP) is 2.24. The molecule has 0 unspecified atom stereocenters. The summed E-state index contributed by atoms with van der Waals surface area (Å²) in [5.74, 6) is -0.0112. The molecule has 0 fully saturated rings. The van der Waals surface area contributed by atoms with E-state index in [9.17, 15) is 13.2 Å². The summed E-state index contributed by atoms with van der Waals surface area (Å²) in [6.45, 7) is 0.139. The van der Waals surface area contributed by atoms with Crippen LogP contribution in [0.1, 0.15) is 16.8 Å². The van der Waals surface area contributed by atoms with Crippen LogP contribution in [0.2, 0.25) is 0 Å². The van der Waals surface area contributed by atoms with Gasteiger partial charge >= 0.3 is 6.18 Å². The third-order valence-electron chi connectivity index (χ3n) is 2.82. The quantitative estimate of drug-likeness (QED) is 0.671. The Morgan fingerprint density at radius 2 is 1.95 bits per heavy atom. The van der Waals surface area contributed by atoms with Gasteiger partial charge in [0, 0.05) is 6.20 Å². The minimum Gasteiger partial charge on any atom is -0.497 e. The number of benzene rings is 1. The molecule has 2 aromatic rings. The molecule has 2 rings (SSSR count). The first kappa shape index (κ1) is 14.9. The van der Waals surface area contributed by atoms with Crippen molar-refractivity contribution in [1.82, 2.24) is 9.78 Å². The van der Waals surface area contributed by atoms with Gasteiger partial charge in [-0.1, -0.05) is 12.1 Å². The van der Waals surface area contributed by atoms with Crippen molar-refractivity contribution in [2.45, 2.75) is 12.7 Å². The van der Waals surface area contributed by atoms with Crippen LogP contribution in [0.5, 0.6) is 5.75 Å². The van der Waals surface area contributed by atoms with Crippen LogP contribution in [0, 0.1) is 5.41 Å². The molecule has 0 aliphatic carbocycles. The van der Waals surface area contributed by atoms with Crippen LogP contribution in [-0.2, 0) is 12.7 Å². The van der Waals surface area contributed by atoms with Gasteiger partial charge in [0.15, 0.2) is 5.69 Å². The third kappa shape index (κ3) is 3.33. The van der Waals surface area contributed by atoms with Crippen LogP contribution in [-0.4, -0.2) is 22.7 Å². The van der Waals surface area contributed by atoms with E-state index in [0.29, 0.717) is 5.75 Å². The molecule has 0 bridgehead atoms. The van der Waals surface area contributed by atoms with Gasteiger partial charge in [-0.3, -0.25) is 10.1 Å². The van der Waals surface area contributed by atoms with E-state index < -0.39 is 23.3 Å². The molecule has 112 valence electrons. The summed E-state index contributed by atoms with van der Waals surface area (Å²) >= 11 is 0. The fraction of sp³-hybridized carbons (Fsp3) is 0.231. The zero-order valence-corrected chi connectivity index (χ0v) is 11.1. The number of methoxy groups -OCH3 is 1. The molecule has 0 saturated heterocycles. The highest BCUT2D eigenvalue weighted by molar-refractivity contribution is 5.96. The van der Waals surface area contributed by atoms with Gasteiger partial charge in [-0.2, -0.15) is 18.3 Å². The second kappa shape index (κ2) is 5.47. The van der Waals surface area contributed by atoms with Crippen LogP contribution in [0.3, 0.4) is 0 Å². The number of nitrogens with zero attached hydrogens (tertiary/aromatic N) is 2. The SMILES string of the molecule is COc1ccc(Cn2cc(C(=N)N)c(C(F)(F)F)n2)cc1. The molecule has 1 aromatic carbocycles. The Kier molecular flexibility index (Phi) is 3.88. The van der Waals surface area contributed by atoms with Gasteiger partial charge in [-0.25, -0.2) is 0 Å². The number of nitrogens with one attached hydrogen (secondary N) is 1. The molecule has 8 heteroatoms. The van der Waals surface area contributed by atoms with Crippen molar-refractivity contribution in [3.8, 4) is 5.75 Å². The van der Waals surface area contributed by atoms with Crippen LogP contribution in [0.15, 0.2) is 30.5 Å². The van der Waals surface area contributed by atoms with E-state index in [0.717, 1.165) is 16.4 Å². The molecule has 0 spiro atoms. The molecule has 0 amide bonds. The van der Waals surface area contributed by atoms with E-state index in [1.807, 2.05) is 0 Å². The molecule has 1 aromatic heterocycles. The second-order valence-electron chi connectivity index (χ2n) is 4.35. The Labute approximate surface area is 118 Å². The van der Waals surface area contributed by atoms with Crippen molar-refractivity contribution < 1.29 is 17.9 Å². The van der Waals surface area contributed by atoms with E-state index in [1.54, 1.807) is 24.3 Å². The molecule has 3 N–H and O–H groups in total. The lowest BCUT2D eigenvalue weighted by Crippen LogP contribution is -2.17. The van der Waals surface area contributed by atoms with E-state index >= 15 is 0 Å². The molecule has 0 aliphatic rings. The van der Waals surface area contributed by atoms with Gasteiger partial charge in [0.05, 0.1) is 19.2 Å². The summed E-state index contributed by atoms with van der Waals surface area (Å²) < 4.78 is 44.6.